The predicted molar refractivity (Wildman–Crippen MR) is 90.6 cm³/mol. The van der Waals surface area contributed by atoms with Crippen molar-refractivity contribution in [3.63, 3.8) is 0 Å². The zero-order valence-electron chi connectivity index (χ0n) is 13.9. The molecule has 0 aliphatic heterocycles. The first-order valence-electron chi connectivity index (χ1n) is 8.19. The van der Waals surface area contributed by atoms with Crippen LogP contribution in [0.4, 0.5) is 0 Å². The van der Waals surface area contributed by atoms with Crippen molar-refractivity contribution in [2.24, 2.45) is 17.3 Å². The molecule has 0 aromatic carbocycles. The summed E-state index contributed by atoms with van der Waals surface area (Å²) >= 11 is 1.57. The molecule has 0 radical (unpaired) electrons. The van der Waals surface area contributed by atoms with Gasteiger partial charge in [0.05, 0.1) is 21.4 Å². The van der Waals surface area contributed by atoms with E-state index in [2.05, 4.69) is 29.1 Å². The summed E-state index contributed by atoms with van der Waals surface area (Å²) in [4.78, 5) is 20.0. The van der Waals surface area contributed by atoms with Gasteiger partial charge in [0.2, 0.25) is 0 Å². The summed E-state index contributed by atoms with van der Waals surface area (Å²) in [7, 11) is 0. The van der Waals surface area contributed by atoms with E-state index in [0.717, 1.165) is 28.2 Å². The second-order valence-corrected chi connectivity index (χ2v) is 9.16. The second-order valence-electron chi connectivity index (χ2n) is 7.92. The largest absolute Gasteiger partial charge is 0.388 e. The van der Waals surface area contributed by atoms with Crippen LogP contribution in [0.1, 0.15) is 49.1 Å². The summed E-state index contributed by atoms with van der Waals surface area (Å²) in [5.74, 6) is 0.669. The Morgan fingerprint density at radius 1 is 1.43 bits per heavy atom. The molecule has 3 aliphatic carbocycles. The molecule has 2 aromatic rings. The summed E-state index contributed by atoms with van der Waals surface area (Å²) in [6.07, 6.45) is 1.91. The van der Waals surface area contributed by atoms with Crippen molar-refractivity contribution >= 4 is 27.6 Å². The van der Waals surface area contributed by atoms with Crippen LogP contribution in [0, 0.1) is 24.2 Å². The molecule has 3 saturated carbocycles. The molecular formula is C17H23N3O2S. The molecule has 2 heterocycles. The van der Waals surface area contributed by atoms with Gasteiger partial charge >= 0.3 is 0 Å². The Balaban J connectivity index is 1.53. The van der Waals surface area contributed by atoms with E-state index >= 15 is 0 Å². The zero-order chi connectivity index (χ0) is 16.6. The van der Waals surface area contributed by atoms with Gasteiger partial charge in [0.1, 0.15) is 11.3 Å². The number of H-pyrrole nitrogens is 1. The maximum absolute atomic E-state index is 12.6. The molecule has 1 amide bonds. The molecule has 23 heavy (non-hydrogen) atoms. The molecule has 124 valence electrons. The van der Waals surface area contributed by atoms with E-state index < -0.39 is 5.60 Å². The van der Waals surface area contributed by atoms with Crippen LogP contribution < -0.4 is 5.32 Å². The first-order chi connectivity index (χ1) is 10.7. The van der Waals surface area contributed by atoms with Crippen LogP contribution in [0.2, 0.25) is 0 Å². The number of aliphatic hydroxyl groups is 1. The highest BCUT2D eigenvalue weighted by Crippen LogP contribution is 2.62. The van der Waals surface area contributed by atoms with Gasteiger partial charge in [0.15, 0.2) is 0 Å². The van der Waals surface area contributed by atoms with Crippen molar-refractivity contribution in [1.29, 1.82) is 0 Å². The third-order valence-electron chi connectivity index (χ3n) is 6.24. The fraction of sp³-hybridized carbons (Fsp3) is 0.647. The summed E-state index contributed by atoms with van der Waals surface area (Å²) in [6, 6.07) is 1.65. The lowest BCUT2D eigenvalue weighted by Crippen LogP contribution is -2.70. The van der Waals surface area contributed by atoms with Crippen molar-refractivity contribution in [1.82, 2.24) is 15.3 Å². The van der Waals surface area contributed by atoms with Gasteiger partial charge in [-0.25, -0.2) is 4.98 Å². The molecule has 0 unspecified atom stereocenters. The summed E-state index contributed by atoms with van der Waals surface area (Å²) in [6.45, 7) is 8.28. The van der Waals surface area contributed by atoms with E-state index in [4.69, 9.17) is 0 Å². The van der Waals surface area contributed by atoms with Crippen molar-refractivity contribution in [3.05, 3.63) is 16.8 Å². The van der Waals surface area contributed by atoms with Gasteiger partial charge < -0.3 is 15.4 Å². The lowest BCUT2D eigenvalue weighted by molar-refractivity contribution is -0.207. The summed E-state index contributed by atoms with van der Waals surface area (Å²) in [5, 5.41) is 15.0. The number of aromatic amines is 1. The second kappa shape index (κ2) is 4.57. The number of carbonyl (C=O) groups is 1. The van der Waals surface area contributed by atoms with Crippen molar-refractivity contribution < 1.29 is 9.90 Å². The maximum Gasteiger partial charge on any atom is 0.268 e. The number of hydrogen-bond donors (Lipinski definition) is 3. The summed E-state index contributed by atoms with van der Waals surface area (Å²) < 4.78 is 0.993. The number of amides is 1. The van der Waals surface area contributed by atoms with E-state index in [1.54, 1.807) is 11.3 Å². The van der Waals surface area contributed by atoms with Crippen LogP contribution in [0.25, 0.3) is 10.3 Å². The molecule has 6 heteroatoms. The number of fused-ring (bicyclic) bond motifs is 3. The van der Waals surface area contributed by atoms with Crippen molar-refractivity contribution in [2.75, 3.05) is 0 Å². The number of carbonyl (C=O) groups excluding carboxylic acids is 1. The van der Waals surface area contributed by atoms with Crippen LogP contribution in [0.15, 0.2) is 6.07 Å². The zero-order valence-corrected chi connectivity index (χ0v) is 14.8. The number of nitrogens with one attached hydrogen (secondary N) is 2. The highest BCUT2D eigenvalue weighted by atomic mass is 32.1. The SMILES string of the molecule is Cc1nc2[nH]c(C(=O)N[C@H]3C[C@H]4C[C@H](C4(C)C)[C@@]3(C)O)cc2s1. The molecule has 3 fully saturated rings. The monoisotopic (exact) mass is 333 g/mol. The lowest BCUT2D eigenvalue weighted by atomic mass is 9.43. The topological polar surface area (TPSA) is 78.0 Å². The summed E-state index contributed by atoms with van der Waals surface area (Å²) in [5.41, 5.74) is 0.596. The Bertz CT molecular complexity index is 757. The molecule has 3 aliphatic rings. The predicted octanol–water partition coefficient (Wildman–Crippen LogP) is 2.85. The molecule has 5 nitrogen and oxygen atoms in total. The molecule has 2 aromatic heterocycles. The minimum Gasteiger partial charge on any atom is -0.388 e. The van der Waals surface area contributed by atoms with E-state index in [-0.39, 0.29) is 23.3 Å². The smallest absolute Gasteiger partial charge is 0.268 e. The van der Waals surface area contributed by atoms with Gasteiger partial charge in [-0.3, -0.25) is 4.79 Å². The molecule has 2 bridgehead atoms. The van der Waals surface area contributed by atoms with Gasteiger partial charge in [0, 0.05) is 0 Å². The Morgan fingerprint density at radius 3 is 2.78 bits per heavy atom. The Kier molecular flexibility index (Phi) is 3.01. The van der Waals surface area contributed by atoms with Gasteiger partial charge in [-0.2, -0.15) is 0 Å². The molecule has 4 atom stereocenters. The lowest BCUT2D eigenvalue weighted by Gasteiger charge is -2.65. The van der Waals surface area contributed by atoms with Gasteiger partial charge in [-0.05, 0) is 50.0 Å². The van der Waals surface area contributed by atoms with Crippen molar-refractivity contribution in [2.45, 2.75) is 52.2 Å². The molecule has 0 spiro atoms. The van der Waals surface area contributed by atoms with Crippen LogP contribution >= 0.6 is 11.3 Å². The number of rotatable bonds is 2. The van der Waals surface area contributed by atoms with Gasteiger partial charge in [-0.15, -0.1) is 11.3 Å². The first kappa shape index (κ1) is 15.1. The Morgan fingerprint density at radius 2 is 2.17 bits per heavy atom. The Hall–Kier alpha value is -1.40. The maximum atomic E-state index is 12.6. The highest BCUT2D eigenvalue weighted by molar-refractivity contribution is 7.18. The molecule has 0 saturated heterocycles. The number of aryl methyl sites for hydroxylation is 1. The van der Waals surface area contributed by atoms with E-state index in [1.165, 1.54) is 0 Å². The van der Waals surface area contributed by atoms with Crippen molar-refractivity contribution in [3.8, 4) is 0 Å². The molecule has 5 rings (SSSR count). The minimum atomic E-state index is -0.854. The van der Waals surface area contributed by atoms with E-state index in [9.17, 15) is 9.90 Å². The molecular weight excluding hydrogens is 310 g/mol. The number of hydrogen-bond acceptors (Lipinski definition) is 4. The third-order valence-corrected chi connectivity index (χ3v) is 7.16. The van der Waals surface area contributed by atoms with Gasteiger partial charge in [0.25, 0.3) is 5.91 Å². The standard InChI is InChI=1S/C17H23N3O2S/c1-8-18-14-11(23-8)7-10(19-14)15(21)20-13-6-9-5-12(16(9,2)3)17(13,4)22/h7,9,12-13,19,22H,5-6H2,1-4H3,(H,20,21)/t9-,12-,13+,17-/m1/s1. The average Bonchev–Trinajstić information content (AvgIpc) is 2.97. The average molecular weight is 333 g/mol. The van der Waals surface area contributed by atoms with E-state index in [0.29, 0.717) is 11.6 Å². The molecule has 3 N–H and O–H groups in total. The Labute approximate surface area is 139 Å². The van der Waals surface area contributed by atoms with Crippen LogP contribution in [-0.2, 0) is 0 Å². The van der Waals surface area contributed by atoms with E-state index in [1.807, 2.05) is 19.9 Å². The quantitative estimate of drug-likeness (QED) is 0.791. The fourth-order valence-corrected chi connectivity index (χ4v) is 5.49. The normalized spacial score (nSPS) is 35.1. The van der Waals surface area contributed by atoms with Crippen LogP contribution in [0.3, 0.4) is 0 Å². The third kappa shape index (κ3) is 2.08. The number of aromatic nitrogens is 2. The fourth-order valence-electron chi connectivity index (χ4n) is 4.66. The minimum absolute atomic E-state index is 0.155. The van der Waals surface area contributed by atoms with Crippen LogP contribution in [-0.4, -0.2) is 32.6 Å². The number of nitrogens with zero attached hydrogens (tertiary/aromatic N) is 1. The van der Waals surface area contributed by atoms with Gasteiger partial charge in [-0.1, -0.05) is 13.8 Å². The first-order valence-corrected chi connectivity index (χ1v) is 9.00. The van der Waals surface area contributed by atoms with Crippen LogP contribution in [0.5, 0.6) is 0 Å². The number of thiazole rings is 1. The highest BCUT2D eigenvalue weighted by Gasteiger charge is 2.63.